The van der Waals surface area contributed by atoms with Gasteiger partial charge in [-0.15, -0.1) is 0 Å². The lowest BCUT2D eigenvalue weighted by Gasteiger charge is -2.42. The Hall–Kier alpha value is -1.30. The summed E-state index contributed by atoms with van der Waals surface area (Å²) in [5.41, 5.74) is -0.287. The second-order valence-electron chi connectivity index (χ2n) is 8.68. The van der Waals surface area contributed by atoms with Crippen LogP contribution in [0.5, 0.6) is 0 Å². The lowest BCUT2D eigenvalue weighted by atomic mass is 9.77. The van der Waals surface area contributed by atoms with Crippen LogP contribution in [0.3, 0.4) is 0 Å². The number of hydrogen-bond donors (Lipinski definition) is 0. The van der Waals surface area contributed by atoms with Crippen LogP contribution in [0.25, 0.3) is 0 Å². The number of hydrogen-bond acceptors (Lipinski definition) is 3. The minimum absolute atomic E-state index is 0.147. The van der Waals surface area contributed by atoms with E-state index in [1.54, 1.807) is 0 Å². The zero-order valence-corrected chi connectivity index (χ0v) is 15.6. The number of likely N-dealkylation sites (N-methyl/N-ethyl adjacent to an activating group) is 1. The van der Waals surface area contributed by atoms with Crippen LogP contribution in [0, 0.1) is 11.3 Å². The van der Waals surface area contributed by atoms with Gasteiger partial charge in [-0.2, -0.15) is 0 Å². The molecule has 6 nitrogen and oxygen atoms in total. The lowest BCUT2D eigenvalue weighted by Crippen LogP contribution is -2.54. The Morgan fingerprint density at radius 1 is 1.00 bits per heavy atom. The van der Waals surface area contributed by atoms with Crippen LogP contribution in [0.4, 0.5) is 4.79 Å². The highest BCUT2D eigenvalue weighted by Gasteiger charge is 2.50. The van der Waals surface area contributed by atoms with Gasteiger partial charge in [-0.25, -0.2) is 4.79 Å². The molecule has 0 N–H and O–H groups in total. The lowest BCUT2D eigenvalue weighted by molar-refractivity contribution is -0.146. The summed E-state index contributed by atoms with van der Waals surface area (Å²) in [4.78, 5) is 34.4. The minimum atomic E-state index is -0.287. The molecule has 1 atom stereocenters. The number of piperidine rings is 1. The highest BCUT2D eigenvalue weighted by molar-refractivity contribution is 5.86. The summed E-state index contributed by atoms with van der Waals surface area (Å²) >= 11 is 0. The molecule has 6 heteroatoms. The molecule has 3 heterocycles. The molecule has 25 heavy (non-hydrogen) atoms. The topological polar surface area (TPSA) is 47.1 Å². The molecule has 0 aromatic heterocycles. The third kappa shape index (κ3) is 3.25. The molecule has 0 aromatic carbocycles. The molecule has 4 aliphatic rings. The van der Waals surface area contributed by atoms with Crippen LogP contribution in [0.15, 0.2) is 0 Å². The van der Waals surface area contributed by atoms with Gasteiger partial charge < -0.3 is 19.6 Å². The maximum Gasteiger partial charge on any atom is 0.320 e. The van der Waals surface area contributed by atoms with E-state index in [0.29, 0.717) is 12.5 Å². The monoisotopic (exact) mass is 348 g/mol. The van der Waals surface area contributed by atoms with Gasteiger partial charge in [0.05, 0.1) is 5.41 Å². The van der Waals surface area contributed by atoms with Gasteiger partial charge in [-0.05, 0) is 45.1 Å². The fourth-order valence-electron chi connectivity index (χ4n) is 4.93. The van der Waals surface area contributed by atoms with Crippen molar-refractivity contribution in [1.29, 1.82) is 0 Å². The summed E-state index contributed by atoms with van der Waals surface area (Å²) in [6.45, 7) is 6.75. The SMILES string of the molecule is CN1CCN(C(=O)N2CC[C@@]3(CCCN(CC4CCC4)C3=O)C2)CC1. The largest absolute Gasteiger partial charge is 0.342 e. The third-order valence-electron chi connectivity index (χ3n) is 6.93. The van der Waals surface area contributed by atoms with Crippen LogP contribution in [0.2, 0.25) is 0 Å². The molecular weight excluding hydrogens is 316 g/mol. The Morgan fingerprint density at radius 2 is 1.76 bits per heavy atom. The second-order valence-corrected chi connectivity index (χ2v) is 8.68. The summed E-state index contributed by atoms with van der Waals surface area (Å²) in [5, 5.41) is 0. The Balaban J connectivity index is 1.38. The van der Waals surface area contributed by atoms with Gasteiger partial charge >= 0.3 is 6.03 Å². The first kappa shape index (κ1) is 17.1. The smallest absolute Gasteiger partial charge is 0.320 e. The summed E-state index contributed by atoms with van der Waals surface area (Å²) in [6.07, 6.45) is 6.79. The van der Waals surface area contributed by atoms with Gasteiger partial charge in [0.25, 0.3) is 0 Å². The van der Waals surface area contributed by atoms with Crippen molar-refractivity contribution >= 4 is 11.9 Å². The van der Waals surface area contributed by atoms with E-state index < -0.39 is 0 Å². The molecule has 1 saturated carbocycles. The van der Waals surface area contributed by atoms with Crippen molar-refractivity contribution in [1.82, 2.24) is 19.6 Å². The molecular formula is C19H32N4O2. The molecule has 140 valence electrons. The van der Waals surface area contributed by atoms with E-state index in [9.17, 15) is 9.59 Å². The minimum Gasteiger partial charge on any atom is -0.342 e. The number of amides is 3. The summed E-state index contributed by atoms with van der Waals surface area (Å²) < 4.78 is 0. The fraction of sp³-hybridized carbons (Fsp3) is 0.895. The van der Waals surface area contributed by atoms with Crippen LogP contribution in [-0.4, -0.2) is 90.9 Å². The summed E-state index contributed by atoms with van der Waals surface area (Å²) in [5.74, 6) is 1.06. The predicted octanol–water partition coefficient (Wildman–Crippen LogP) is 1.47. The molecule has 1 spiro atoms. The van der Waals surface area contributed by atoms with Crippen molar-refractivity contribution in [3.05, 3.63) is 0 Å². The highest BCUT2D eigenvalue weighted by atomic mass is 16.2. The van der Waals surface area contributed by atoms with Crippen molar-refractivity contribution in [2.24, 2.45) is 11.3 Å². The van der Waals surface area contributed by atoms with Gasteiger partial charge in [0.15, 0.2) is 0 Å². The third-order valence-corrected chi connectivity index (χ3v) is 6.93. The molecule has 4 fully saturated rings. The Labute approximate surface area is 151 Å². The van der Waals surface area contributed by atoms with Crippen LogP contribution >= 0.6 is 0 Å². The Bertz CT molecular complexity index is 528. The first-order chi connectivity index (χ1) is 12.1. The summed E-state index contributed by atoms with van der Waals surface area (Å²) in [7, 11) is 2.10. The standard InChI is InChI=1S/C19H32N4O2/c1-20-10-12-21(13-11-20)18(25)23-9-7-19(15-23)6-3-8-22(17(19)24)14-16-4-2-5-16/h16H,2-15H2,1H3/t19-/m0/s1. The van der Waals surface area contributed by atoms with E-state index in [-0.39, 0.29) is 11.4 Å². The number of carbonyl (C=O) groups is 2. The maximum atomic E-state index is 13.2. The number of urea groups is 1. The molecule has 0 radical (unpaired) electrons. The summed E-state index contributed by atoms with van der Waals surface area (Å²) in [6, 6.07) is 0.147. The number of nitrogens with zero attached hydrogens (tertiary/aromatic N) is 4. The Morgan fingerprint density at radius 3 is 2.44 bits per heavy atom. The predicted molar refractivity (Wildman–Crippen MR) is 96.2 cm³/mol. The molecule has 0 aromatic rings. The fourth-order valence-corrected chi connectivity index (χ4v) is 4.93. The maximum absolute atomic E-state index is 13.2. The average Bonchev–Trinajstić information content (AvgIpc) is 3.00. The van der Waals surface area contributed by atoms with Crippen LogP contribution in [0.1, 0.15) is 38.5 Å². The molecule has 3 aliphatic heterocycles. The number of rotatable bonds is 2. The van der Waals surface area contributed by atoms with E-state index in [1.165, 1.54) is 19.3 Å². The Kier molecular flexibility index (Phi) is 4.65. The van der Waals surface area contributed by atoms with Crippen molar-refractivity contribution in [2.45, 2.75) is 38.5 Å². The zero-order chi connectivity index (χ0) is 17.4. The molecule has 4 rings (SSSR count). The first-order valence-electron chi connectivity index (χ1n) is 10.1. The van der Waals surface area contributed by atoms with E-state index in [2.05, 4.69) is 16.8 Å². The number of carbonyl (C=O) groups excluding carboxylic acids is 2. The molecule has 3 amide bonds. The van der Waals surface area contributed by atoms with Crippen molar-refractivity contribution in [3.63, 3.8) is 0 Å². The van der Waals surface area contributed by atoms with Gasteiger partial charge in [-0.3, -0.25) is 4.79 Å². The molecule has 0 unspecified atom stereocenters. The van der Waals surface area contributed by atoms with E-state index in [1.807, 2.05) is 9.80 Å². The van der Waals surface area contributed by atoms with Crippen LogP contribution < -0.4 is 0 Å². The molecule has 3 saturated heterocycles. The first-order valence-corrected chi connectivity index (χ1v) is 10.1. The number of piperazine rings is 1. The van der Waals surface area contributed by atoms with Crippen LogP contribution in [-0.2, 0) is 4.79 Å². The zero-order valence-electron chi connectivity index (χ0n) is 15.6. The quantitative estimate of drug-likeness (QED) is 0.759. The second kappa shape index (κ2) is 6.78. The van der Waals surface area contributed by atoms with Crippen molar-refractivity contribution in [3.8, 4) is 0 Å². The highest BCUT2D eigenvalue weighted by Crippen LogP contribution is 2.41. The van der Waals surface area contributed by atoms with Gasteiger partial charge in [0.2, 0.25) is 5.91 Å². The molecule has 0 bridgehead atoms. The molecule has 1 aliphatic carbocycles. The normalized spacial score (nSPS) is 31.7. The van der Waals surface area contributed by atoms with Gasteiger partial charge in [-0.1, -0.05) is 6.42 Å². The average molecular weight is 348 g/mol. The van der Waals surface area contributed by atoms with Crippen molar-refractivity contribution < 1.29 is 9.59 Å². The van der Waals surface area contributed by atoms with Crippen molar-refractivity contribution in [2.75, 3.05) is 59.4 Å². The van der Waals surface area contributed by atoms with E-state index >= 15 is 0 Å². The van der Waals surface area contributed by atoms with E-state index in [4.69, 9.17) is 0 Å². The van der Waals surface area contributed by atoms with E-state index in [0.717, 1.165) is 71.0 Å². The van der Waals surface area contributed by atoms with Gasteiger partial charge in [0.1, 0.15) is 0 Å². The van der Waals surface area contributed by atoms with Gasteiger partial charge in [0, 0.05) is 52.4 Å². The number of likely N-dealkylation sites (tertiary alicyclic amines) is 2.